The number of para-hydroxylation sites is 1. The summed E-state index contributed by atoms with van der Waals surface area (Å²) in [6.07, 6.45) is 2.14. The lowest BCUT2D eigenvalue weighted by molar-refractivity contribution is -0.133. The van der Waals surface area contributed by atoms with Gasteiger partial charge in [-0.1, -0.05) is 44.2 Å². The molecule has 3 aromatic rings. The zero-order valence-corrected chi connectivity index (χ0v) is 22.0. The molecule has 6 nitrogen and oxygen atoms in total. The van der Waals surface area contributed by atoms with Crippen LogP contribution in [0, 0.1) is 17.7 Å². The van der Waals surface area contributed by atoms with Gasteiger partial charge < -0.3 is 19.7 Å². The zero-order chi connectivity index (χ0) is 26.2. The molecule has 2 amide bonds. The van der Waals surface area contributed by atoms with Crippen LogP contribution < -0.4 is 5.32 Å². The van der Waals surface area contributed by atoms with Gasteiger partial charge in [-0.25, -0.2) is 4.39 Å². The van der Waals surface area contributed by atoms with E-state index in [9.17, 15) is 14.0 Å². The number of nitrogens with zero attached hydrogens (tertiary/aromatic N) is 3. The van der Waals surface area contributed by atoms with Crippen molar-refractivity contribution in [3.05, 3.63) is 71.7 Å². The summed E-state index contributed by atoms with van der Waals surface area (Å²) in [5, 5.41) is 4.11. The molecule has 0 spiro atoms. The largest absolute Gasteiger partial charge is 0.354 e. The summed E-state index contributed by atoms with van der Waals surface area (Å²) in [7, 11) is 0. The summed E-state index contributed by atoms with van der Waals surface area (Å²) in [5.74, 6) is 0.728. The van der Waals surface area contributed by atoms with Crippen LogP contribution in [0.15, 0.2) is 54.6 Å². The van der Waals surface area contributed by atoms with Gasteiger partial charge in [-0.05, 0) is 68.0 Å². The van der Waals surface area contributed by atoms with Gasteiger partial charge in [0.2, 0.25) is 5.91 Å². The van der Waals surface area contributed by atoms with Gasteiger partial charge in [-0.15, -0.1) is 0 Å². The first-order chi connectivity index (χ1) is 17.7. The Hall–Kier alpha value is -3.19. The second kappa shape index (κ2) is 10.3. The highest BCUT2D eigenvalue weighted by Crippen LogP contribution is 2.33. The molecule has 0 aliphatic carbocycles. The fraction of sp³-hybridized carbons (Fsp3) is 0.467. The van der Waals surface area contributed by atoms with Crippen molar-refractivity contribution < 1.29 is 14.0 Å². The van der Waals surface area contributed by atoms with Crippen LogP contribution >= 0.6 is 0 Å². The molecule has 7 heteroatoms. The molecule has 1 fully saturated rings. The van der Waals surface area contributed by atoms with Gasteiger partial charge in [0.15, 0.2) is 0 Å². The third-order valence-corrected chi connectivity index (χ3v) is 7.96. The molecule has 0 saturated carbocycles. The third-order valence-electron chi connectivity index (χ3n) is 7.96. The lowest BCUT2D eigenvalue weighted by atomic mass is 9.92. The van der Waals surface area contributed by atoms with Gasteiger partial charge in [0.1, 0.15) is 17.1 Å². The number of hydrogen-bond donors (Lipinski definition) is 1. The van der Waals surface area contributed by atoms with Crippen molar-refractivity contribution in [1.82, 2.24) is 19.7 Å². The summed E-state index contributed by atoms with van der Waals surface area (Å²) >= 11 is 0. The Morgan fingerprint density at radius 3 is 2.51 bits per heavy atom. The molecule has 37 heavy (non-hydrogen) atoms. The Bertz CT molecular complexity index is 1280. The lowest BCUT2D eigenvalue weighted by Gasteiger charge is -2.44. The Labute approximate surface area is 218 Å². The molecule has 0 radical (unpaired) electrons. The monoisotopic (exact) mass is 504 g/mol. The van der Waals surface area contributed by atoms with E-state index in [4.69, 9.17) is 0 Å². The molecule has 2 aliphatic heterocycles. The van der Waals surface area contributed by atoms with Crippen LogP contribution in [0.3, 0.4) is 0 Å². The highest BCUT2D eigenvalue weighted by Gasteiger charge is 2.47. The lowest BCUT2D eigenvalue weighted by Crippen LogP contribution is -2.63. The normalized spacial score (nSPS) is 24.3. The smallest absolute Gasteiger partial charge is 0.271 e. The number of rotatable bonds is 7. The number of carbonyl (C=O) groups excluding carboxylic acids is 2. The van der Waals surface area contributed by atoms with Crippen LogP contribution in [0.1, 0.15) is 49.7 Å². The topological polar surface area (TPSA) is 57.6 Å². The summed E-state index contributed by atoms with van der Waals surface area (Å²) in [5.41, 5.74) is 1.21. The van der Waals surface area contributed by atoms with E-state index in [2.05, 4.69) is 24.1 Å². The molecule has 2 aliphatic rings. The van der Waals surface area contributed by atoms with Crippen LogP contribution in [0.25, 0.3) is 10.9 Å². The maximum atomic E-state index is 13.8. The number of likely N-dealkylation sites (tertiary alicyclic amines) is 1. The van der Waals surface area contributed by atoms with Crippen molar-refractivity contribution in [2.45, 2.75) is 52.2 Å². The Morgan fingerprint density at radius 2 is 1.78 bits per heavy atom. The first-order valence-corrected chi connectivity index (χ1v) is 13.4. The molecule has 3 heterocycles. The summed E-state index contributed by atoms with van der Waals surface area (Å²) in [6, 6.07) is 15.9. The minimum Gasteiger partial charge on any atom is -0.354 e. The minimum absolute atomic E-state index is 0.160. The second-order valence-corrected chi connectivity index (χ2v) is 11.3. The van der Waals surface area contributed by atoms with E-state index >= 15 is 0 Å². The number of benzene rings is 2. The molecule has 0 unspecified atom stereocenters. The van der Waals surface area contributed by atoms with Gasteiger partial charge in [0.05, 0.1) is 6.54 Å². The van der Waals surface area contributed by atoms with Crippen LogP contribution in [-0.4, -0.2) is 57.9 Å². The molecular weight excluding hydrogens is 467 g/mol. The van der Waals surface area contributed by atoms with E-state index in [1.54, 1.807) is 17.0 Å². The Balaban J connectivity index is 1.35. The van der Waals surface area contributed by atoms with Gasteiger partial charge in [-0.2, -0.15) is 0 Å². The highest BCUT2D eigenvalue weighted by molar-refractivity contribution is 6.03. The fourth-order valence-electron chi connectivity index (χ4n) is 6.20. The molecule has 3 atom stereocenters. The fourth-order valence-corrected chi connectivity index (χ4v) is 6.20. The number of fused-ring (bicyclic) bond motifs is 3. The molecular formula is C30H37FN4O2. The number of hydrogen-bond acceptors (Lipinski definition) is 3. The zero-order valence-electron chi connectivity index (χ0n) is 22.0. The quantitative estimate of drug-likeness (QED) is 0.476. The molecule has 2 aromatic carbocycles. The number of piperidine rings is 1. The third kappa shape index (κ3) is 5.14. The van der Waals surface area contributed by atoms with Crippen LogP contribution in [-0.2, 0) is 17.9 Å². The number of carbonyl (C=O) groups is 2. The predicted molar refractivity (Wildman–Crippen MR) is 144 cm³/mol. The van der Waals surface area contributed by atoms with E-state index < -0.39 is 5.54 Å². The van der Waals surface area contributed by atoms with Crippen LogP contribution in [0.5, 0.6) is 0 Å². The maximum absolute atomic E-state index is 13.8. The van der Waals surface area contributed by atoms with Crippen molar-refractivity contribution in [3.63, 3.8) is 0 Å². The number of nitrogens with one attached hydrogen (secondary N) is 1. The SMILES string of the molecule is C[C@@H]1C[C@@H](C)CN(CCCNC(=O)[C@@]2(C)Cn3c(cc4ccccc43)C(=O)N2Cc2ccc(F)cc2)C1. The average Bonchev–Trinajstić information content (AvgIpc) is 3.23. The van der Waals surface area contributed by atoms with Crippen LogP contribution in [0.2, 0.25) is 0 Å². The average molecular weight is 505 g/mol. The van der Waals surface area contributed by atoms with Crippen molar-refractivity contribution in [2.24, 2.45) is 11.8 Å². The van der Waals surface area contributed by atoms with Crippen molar-refractivity contribution >= 4 is 22.7 Å². The van der Waals surface area contributed by atoms with Gasteiger partial charge in [-0.3, -0.25) is 9.59 Å². The van der Waals surface area contributed by atoms with E-state index in [0.29, 0.717) is 30.6 Å². The number of halogens is 1. The molecule has 1 aromatic heterocycles. The van der Waals surface area contributed by atoms with Crippen LogP contribution in [0.4, 0.5) is 4.39 Å². The molecule has 1 N–H and O–H groups in total. The predicted octanol–water partition coefficient (Wildman–Crippen LogP) is 4.68. The Kier molecular flexibility index (Phi) is 7.08. The molecule has 196 valence electrons. The highest BCUT2D eigenvalue weighted by atomic mass is 19.1. The van der Waals surface area contributed by atoms with Crippen molar-refractivity contribution in [2.75, 3.05) is 26.2 Å². The maximum Gasteiger partial charge on any atom is 0.271 e. The Morgan fingerprint density at radius 1 is 1.08 bits per heavy atom. The summed E-state index contributed by atoms with van der Waals surface area (Å²) in [6.45, 7) is 10.8. The molecule has 1 saturated heterocycles. The van der Waals surface area contributed by atoms with Crippen molar-refractivity contribution in [3.8, 4) is 0 Å². The number of amides is 2. The van der Waals surface area contributed by atoms with Gasteiger partial charge in [0.25, 0.3) is 5.91 Å². The van der Waals surface area contributed by atoms with Gasteiger partial charge in [0, 0.05) is 37.1 Å². The van der Waals surface area contributed by atoms with E-state index in [1.807, 2.05) is 41.8 Å². The second-order valence-electron chi connectivity index (χ2n) is 11.3. The van der Waals surface area contributed by atoms with E-state index in [-0.39, 0.29) is 24.2 Å². The van der Waals surface area contributed by atoms with Gasteiger partial charge >= 0.3 is 0 Å². The van der Waals surface area contributed by atoms with Crippen molar-refractivity contribution in [1.29, 1.82) is 0 Å². The minimum atomic E-state index is -1.09. The summed E-state index contributed by atoms with van der Waals surface area (Å²) < 4.78 is 15.5. The van der Waals surface area contributed by atoms with E-state index in [1.165, 1.54) is 18.6 Å². The first kappa shape index (κ1) is 25.5. The molecule has 5 rings (SSSR count). The standard InChI is InChI=1S/C30H37FN4O2/c1-21-15-22(2)18-33(17-21)14-6-13-32-29(37)30(3)20-34-26-8-5-4-7-24(26)16-27(34)28(36)35(30)19-23-9-11-25(31)12-10-23/h4-5,7-12,16,21-22H,6,13-15,17-20H2,1-3H3,(H,32,37)/t21-,22-,30-/m1/s1. The number of aromatic nitrogens is 1. The van der Waals surface area contributed by atoms with E-state index in [0.717, 1.165) is 42.5 Å². The molecule has 0 bridgehead atoms. The summed E-state index contributed by atoms with van der Waals surface area (Å²) in [4.78, 5) is 31.7. The first-order valence-electron chi connectivity index (χ1n) is 13.4.